The lowest BCUT2D eigenvalue weighted by Crippen LogP contribution is -2.29. The molecule has 0 aliphatic heterocycles. The molecule has 2 saturated carbocycles. The van der Waals surface area contributed by atoms with E-state index in [-0.39, 0.29) is 11.1 Å². The molecule has 4 rings (SSSR count). The molecule has 0 aromatic heterocycles. The maximum absolute atomic E-state index is 14.9. The number of halogens is 5. The van der Waals surface area contributed by atoms with Gasteiger partial charge < -0.3 is 4.74 Å². The molecule has 0 heterocycles. The van der Waals surface area contributed by atoms with E-state index < -0.39 is 29.8 Å². The van der Waals surface area contributed by atoms with Crippen LogP contribution < -0.4 is 4.74 Å². The van der Waals surface area contributed by atoms with Gasteiger partial charge in [0.2, 0.25) is 0 Å². The number of benzene rings is 2. The predicted octanol–water partition coefficient (Wildman–Crippen LogP) is 7.69. The second kappa shape index (κ2) is 8.56. The van der Waals surface area contributed by atoms with Crippen molar-refractivity contribution in [2.75, 3.05) is 0 Å². The van der Waals surface area contributed by atoms with Crippen molar-refractivity contribution in [1.82, 2.24) is 0 Å². The highest BCUT2D eigenvalue weighted by Gasteiger charge is 2.35. The molecule has 0 spiro atoms. The Balaban J connectivity index is 1.54. The van der Waals surface area contributed by atoms with E-state index in [1.54, 1.807) is 0 Å². The molecule has 0 saturated heterocycles. The average molecular weight is 424 g/mol. The SMILES string of the molecule is CC1CCC2CC(c3ccc(-c4cc(F)c(OC(F)F)c(F)c4)c(F)c3)CCC2C1. The summed E-state index contributed by atoms with van der Waals surface area (Å²) in [7, 11) is 0. The number of rotatable bonds is 4. The van der Waals surface area contributed by atoms with Crippen molar-refractivity contribution in [3.63, 3.8) is 0 Å². The maximum atomic E-state index is 14.9. The lowest BCUT2D eigenvalue weighted by atomic mass is 9.64. The Morgan fingerprint density at radius 2 is 1.50 bits per heavy atom. The Kier molecular flexibility index (Phi) is 6.03. The molecular weight excluding hydrogens is 399 g/mol. The first-order chi connectivity index (χ1) is 14.3. The quantitative estimate of drug-likeness (QED) is 0.457. The summed E-state index contributed by atoms with van der Waals surface area (Å²) in [6.45, 7) is -1.04. The van der Waals surface area contributed by atoms with E-state index >= 15 is 0 Å². The van der Waals surface area contributed by atoms with Gasteiger partial charge in [-0.1, -0.05) is 25.5 Å². The van der Waals surface area contributed by atoms with E-state index in [1.807, 2.05) is 6.07 Å². The molecule has 0 N–H and O–H groups in total. The summed E-state index contributed by atoms with van der Waals surface area (Å²) in [4.78, 5) is 0. The van der Waals surface area contributed by atoms with Crippen LogP contribution in [-0.4, -0.2) is 6.61 Å². The molecule has 2 aliphatic carbocycles. The van der Waals surface area contributed by atoms with Gasteiger partial charge in [0.15, 0.2) is 17.4 Å². The third-order valence-electron chi connectivity index (χ3n) is 6.86. The summed E-state index contributed by atoms with van der Waals surface area (Å²) in [6.07, 6.45) is 7.00. The highest BCUT2D eigenvalue weighted by atomic mass is 19.3. The van der Waals surface area contributed by atoms with Gasteiger partial charge in [-0.2, -0.15) is 8.78 Å². The Hall–Kier alpha value is -2.11. The topological polar surface area (TPSA) is 9.23 Å². The number of ether oxygens (including phenoxy) is 1. The third kappa shape index (κ3) is 4.33. The van der Waals surface area contributed by atoms with E-state index in [0.717, 1.165) is 48.8 Å². The second-order valence-corrected chi connectivity index (χ2v) is 8.84. The van der Waals surface area contributed by atoms with Crippen LogP contribution in [0, 0.1) is 35.2 Å². The smallest absolute Gasteiger partial charge is 0.387 e. The van der Waals surface area contributed by atoms with Crippen LogP contribution in [-0.2, 0) is 0 Å². The summed E-state index contributed by atoms with van der Waals surface area (Å²) in [5, 5.41) is 0. The molecule has 2 aromatic carbocycles. The van der Waals surface area contributed by atoms with Crippen LogP contribution in [0.3, 0.4) is 0 Å². The highest BCUT2D eigenvalue weighted by molar-refractivity contribution is 5.66. The van der Waals surface area contributed by atoms with E-state index in [9.17, 15) is 22.0 Å². The molecule has 0 bridgehead atoms. The Morgan fingerprint density at radius 1 is 0.833 bits per heavy atom. The summed E-state index contributed by atoms with van der Waals surface area (Å²) in [5.41, 5.74) is 0.882. The van der Waals surface area contributed by atoms with Crippen molar-refractivity contribution < 1.29 is 26.7 Å². The van der Waals surface area contributed by atoms with Crippen LogP contribution in [0.15, 0.2) is 30.3 Å². The largest absolute Gasteiger partial charge is 0.429 e. The molecule has 6 heteroatoms. The van der Waals surface area contributed by atoms with Gasteiger partial charge in [-0.05, 0) is 85.1 Å². The molecule has 4 atom stereocenters. The van der Waals surface area contributed by atoms with Crippen molar-refractivity contribution in [3.8, 4) is 16.9 Å². The molecule has 2 fully saturated rings. The van der Waals surface area contributed by atoms with Crippen molar-refractivity contribution in [3.05, 3.63) is 53.3 Å². The Morgan fingerprint density at radius 3 is 2.17 bits per heavy atom. The van der Waals surface area contributed by atoms with Gasteiger partial charge in [0, 0.05) is 5.56 Å². The molecule has 1 nitrogen and oxygen atoms in total. The van der Waals surface area contributed by atoms with E-state index in [2.05, 4.69) is 11.7 Å². The van der Waals surface area contributed by atoms with Crippen molar-refractivity contribution in [1.29, 1.82) is 0 Å². The van der Waals surface area contributed by atoms with Gasteiger partial charge in [-0.15, -0.1) is 0 Å². The summed E-state index contributed by atoms with van der Waals surface area (Å²) in [6, 6.07) is 6.40. The standard InChI is InChI=1S/C24H25F5O/c1-13-2-3-15-9-16(5-4-14(15)8-13)17-6-7-19(20(25)10-17)18-11-21(26)23(22(27)12-18)30-24(28)29/h6-7,10-16,24H,2-5,8-9H2,1H3. The molecule has 2 aliphatic rings. The fourth-order valence-corrected chi connectivity index (χ4v) is 5.36. The Labute approximate surface area is 173 Å². The van der Waals surface area contributed by atoms with Gasteiger partial charge in [0.25, 0.3) is 0 Å². The van der Waals surface area contributed by atoms with Crippen LogP contribution in [0.5, 0.6) is 5.75 Å². The van der Waals surface area contributed by atoms with Crippen LogP contribution in [0.2, 0.25) is 0 Å². The monoisotopic (exact) mass is 424 g/mol. The van der Waals surface area contributed by atoms with E-state index in [0.29, 0.717) is 11.8 Å². The molecule has 2 aromatic rings. The lowest BCUT2D eigenvalue weighted by Gasteiger charge is -2.41. The second-order valence-electron chi connectivity index (χ2n) is 8.84. The fraction of sp³-hybridized carbons (Fsp3) is 0.500. The maximum Gasteiger partial charge on any atom is 0.387 e. The normalized spacial score (nSPS) is 26.5. The van der Waals surface area contributed by atoms with Crippen LogP contribution >= 0.6 is 0 Å². The summed E-state index contributed by atoms with van der Waals surface area (Å²) in [5.74, 6) is -1.78. The minimum atomic E-state index is -3.35. The predicted molar refractivity (Wildman–Crippen MR) is 105 cm³/mol. The Bertz CT molecular complexity index is 889. The fourth-order valence-electron chi connectivity index (χ4n) is 5.36. The molecule has 0 amide bonds. The number of hydrogen-bond donors (Lipinski definition) is 0. The molecule has 30 heavy (non-hydrogen) atoms. The van der Waals surface area contributed by atoms with Crippen LogP contribution in [0.4, 0.5) is 22.0 Å². The first-order valence-electron chi connectivity index (χ1n) is 10.6. The van der Waals surface area contributed by atoms with Gasteiger partial charge in [0.1, 0.15) is 5.82 Å². The third-order valence-corrected chi connectivity index (χ3v) is 6.86. The first-order valence-corrected chi connectivity index (χ1v) is 10.6. The van der Waals surface area contributed by atoms with Crippen molar-refractivity contribution in [2.24, 2.45) is 17.8 Å². The van der Waals surface area contributed by atoms with Gasteiger partial charge in [-0.25, -0.2) is 13.2 Å². The van der Waals surface area contributed by atoms with Crippen molar-refractivity contribution in [2.45, 2.75) is 58.0 Å². The zero-order valence-electron chi connectivity index (χ0n) is 16.8. The molecule has 4 unspecified atom stereocenters. The van der Waals surface area contributed by atoms with E-state index in [4.69, 9.17) is 0 Å². The molecule has 162 valence electrons. The molecule has 0 radical (unpaired) electrons. The van der Waals surface area contributed by atoms with Gasteiger partial charge in [0.05, 0.1) is 0 Å². The number of fused-ring (bicyclic) bond motifs is 1. The summed E-state index contributed by atoms with van der Waals surface area (Å²) < 4.78 is 71.4. The molecular formula is C24H25F5O. The first kappa shape index (κ1) is 21.1. The number of hydrogen-bond acceptors (Lipinski definition) is 1. The van der Waals surface area contributed by atoms with Gasteiger partial charge >= 0.3 is 6.61 Å². The minimum Gasteiger partial charge on any atom is -0.429 e. The minimum absolute atomic E-state index is 0.0281. The number of alkyl halides is 2. The van der Waals surface area contributed by atoms with Crippen LogP contribution in [0.25, 0.3) is 11.1 Å². The zero-order chi connectivity index (χ0) is 21.4. The zero-order valence-corrected chi connectivity index (χ0v) is 16.8. The highest BCUT2D eigenvalue weighted by Crippen LogP contribution is 2.47. The summed E-state index contributed by atoms with van der Waals surface area (Å²) >= 11 is 0. The average Bonchev–Trinajstić information content (AvgIpc) is 2.70. The van der Waals surface area contributed by atoms with Gasteiger partial charge in [-0.3, -0.25) is 0 Å². The van der Waals surface area contributed by atoms with Crippen LogP contribution in [0.1, 0.15) is 56.9 Å². The lowest BCUT2D eigenvalue weighted by molar-refractivity contribution is -0.0546. The van der Waals surface area contributed by atoms with Crippen molar-refractivity contribution >= 4 is 0 Å². The van der Waals surface area contributed by atoms with E-state index in [1.165, 1.54) is 31.4 Å².